The van der Waals surface area contributed by atoms with Gasteiger partial charge < -0.3 is 15.0 Å². The van der Waals surface area contributed by atoms with Gasteiger partial charge >= 0.3 is 0 Å². The molecule has 0 amide bonds. The average Bonchev–Trinajstić information content (AvgIpc) is 2.84. The minimum atomic E-state index is 0.613. The summed E-state index contributed by atoms with van der Waals surface area (Å²) in [5.74, 6) is 2.42. The first-order valence-corrected chi connectivity index (χ1v) is 8.83. The van der Waals surface area contributed by atoms with E-state index >= 15 is 0 Å². The van der Waals surface area contributed by atoms with Gasteiger partial charge in [0, 0.05) is 43.1 Å². The maximum absolute atomic E-state index is 5.27. The van der Waals surface area contributed by atoms with Gasteiger partial charge in [0.25, 0.3) is 0 Å². The summed E-state index contributed by atoms with van der Waals surface area (Å²) >= 11 is 3.85. The minimum absolute atomic E-state index is 0.613. The molecule has 0 radical (unpaired) electrons. The second kappa shape index (κ2) is 8.09. The third-order valence-electron chi connectivity index (χ3n) is 3.04. The van der Waals surface area contributed by atoms with Crippen molar-refractivity contribution in [3.63, 3.8) is 0 Å². The molecule has 1 aliphatic rings. The van der Waals surface area contributed by atoms with Crippen molar-refractivity contribution in [2.45, 2.75) is 26.5 Å². The second-order valence-electron chi connectivity index (χ2n) is 4.58. The number of thiazole rings is 1. The minimum Gasteiger partial charge on any atom is -0.378 e. The molecule has 6 heteroatoms. The fraction of sp³-hybridized carbons (Fsp3) is 0.769. The molecule has 0 atom stereocenters. The molecule has 1 saturated heterocycles. The Morgan fingerprint density at radius 3 is 2.84 bits per heavy atom. The van der Waals surface area contributed by atoms with Crippen LogP contribution in [0, 0.1) is 0 Å². The molecular formula is C13H23N3OS2. The van der Waals surface area contributed by atoms with E-state index in [1.807, 2.05) is 23.1 Å². The van der Waals surface area contributed by atoms with E-state index in [4.69, 9.17) is 9.72 Å². The Morgan fingerprint density at radius 1 is 1.37 bits per heavy atom. The van der Waals surface area contributed by atoms with Gasteiger partial charge in [0.1, 0.15) is 0 Å². The summed E-state index contributed by atoms with van der Waals surface area (Å²) in [7, 11) is 1.74. The highest BCUT2D eigenvalue weighted by Gasteiger charge is 2.18. The molecule has 1 aromatic heterocycles. The van der Waals surface area contributed by atoms with Crippen LogP contribution < -0.4 is 10.2 Å². The normalized spacial score (nSPS) is 16.0. The fourth-order valence-electron chi connectivity index (χ4n) is 2.03. The average molecular weight is 301 g/mol. The number of nitrogens with one attached hydrogen (secondary N) is 1. The van der Waals surface area contributed by atoms with Gasteiger partial charge in [-0.3, -0.25) is 0 Å². The van der Waals surface area contributed by atoms with Crippen molar-refractivity contribution in [3.05, 3.63) is 10.6 Å². The van der Waals surface area contributed by atoms with Gasteiger partial charge in [-0.1, -0.05) is 6.92 Å². The topological polar surface area (TPSA) is 37.4 Å². The number of methoxy groups -OCH3 is 1. The third kappa shape index (κ3) is 4.34. The van der Waals surface area contributed by atoms with E-state index in [0.29, 0.717) is 6.61 Å². The first-order valence-electron chi connectivity index (χ1n) is 6.86. The number of rotatable bonds is 7. The monoisotopic (exact) mass is 301 g/mol. The molecule has 19 heavy (non-hydrogen) atoms. The number of ether oxygens (including phenoxy) is 1. The smallest absolute Gasteiger partial charge is 0.185 e. The number of nitrogens with zero attached hydrogens (tertiary/aromatic N) is 2. The highest BCUT2D eigenvalue weighted by atomic mass is 32.2. The molecule has 1 N–H and O–H groups in total. The molecule has 0 bridgehead atoms. The van der Waals surface area contributed by atoms with E-state index in [9.17, 15) is 0 Å². The molecule has 0 unspecified atom stereocenters. The number of hydrogen-bond donors (Lipinski definition) is 1. The largest absolute Gasteiger partial charge is 0.378 e. The lowest BCUT2D eigenvalue weighted by atomic mass is 10.3. The van der Waals surface area contributed by atoms with Crippen molar-refractivity contribution in [1.29, 1.82) is 0 Å². The van der Waals surface area contributed by atoms with Crippen molar-refractivity contribution < 1.29 is 4.74 Å². The maximum Gasteiger partial charge on any atom is 0.185 e. The molecule has 0 aliphatic carbocycles. The van der Waals surface area contributed by atoms with Crippen LogP contribution in [0.4, 0.5) is 5.13 Å². The zero-order valence-electron chi connectivity index (χ0n) is 11.8. The summed E-state index contributed by atoms with van der Waals surface area (Å²) in [5, 5.41) is 4.63. The quantitative estimate of drug-likeness (QED) is 0.783. The van der Waals surface area contributed by atoms with Gasteiger partial charge in [-0.15, -0.1) is 11.3 Å². The lowest BCUT2D eigenvalue weighted by molar-refractivity contribution is 0.181. The molecule has 108 valence electrons. The third-order valence-corrected chi connectivity index (χ3v) is 5.14. The Morgan fingerprint density at radius 2 is 2.16 bits per heavy atom. The molecular weight excluding hydrogens is 278 g/mol. The lowest BCUT2D eigenvalue weighted by Crippen LogP contribution is -2.32. The van der Waals surface area contributed by atoms with Crippen molar-refractivity contribution in [2.24, 2.45) is 0 Å². The molecule has 0 saturated carbocycles. The number of aromatic nitrogens is 1. The highest BCUT2D eigenvalue weighted by Crippen LogP contribution is 2.28. The number of anilines is 1. The highest BCUT2D eigenvalue weighted by molar-refractivity contribution is 7.99. The second-order valence-corrected chi connectivity index (χ2v) is 6.86. The molecule has 0 aromatic carbocycles. The van der Waals surface area contributed by atoms with E-state index in [0.717, 1.165) is 38.3 Å². The summed E-state index contributed by atoms with van der Waals surface area (Å²) in [4.78, 5) is 8.50. The van der Waals surface area contributed by atoms with Crippen LogP contribution in [0.1, 0.15) is 23.9 Å². The van der Waals surface area contributed by atoms with Crippen LogP contribution in [0.2, 0.25) is 0 Å². The lowest BCUT2D eigenvalue weighted by Gasteiger charge is -2.25. The van der Waals surface area contributed by atoms with Gasteiger partial charge in [0.05, 0.1) is 12.3 Å². The van der Waals surface area contributed by atoms with Gasteiger partial charge in [0.2, 0.25) is 0 Å². The zero-order valence-corrected chi connectivity index (χ0v) is 13.4. The molecule has 1 aromatic rings. The van der Waals surface area contributed by atoms with E-state index in [1.165, 1.54) is 21.5 Å². The van der Waals surface area contributed by atoms with Crippen LogP contribution >= 0.6 is 23.1 Å². The summed E-state index contributed by atoms with van der Waals surface area (Å²) in [5.41, 5.74) is 1.10. The Bertz CT molecular complexity index is 378. The summed E-state index contributed by atoms with van der Waals surface area (Å²) in [6.07, 6.45) is 1.16. The molecule has 1 aliphatic heterocycles. The maximum atomic E-state index is 5.27. The predicted octanol–water partition coefficient (Wildman–Crippen LogP) is 2.34. The first kappa shape index (κ1) is 15.1. The van der Waals surface area contributed by atoms with Gasteiger partial charge in [-0.25, -0.2) is 4.98 Å². The predicted molar refractivity (Wildman–Crippen MR) is 84.4 cm³/mol. The van der Waals surface area contributed by atoms with Crippen molar-refractivity contribution >= 4 is 28.2 Å². The van der Waals surface area contributed by atoms with Crippen LogP contribution in [0.3, 0.4) is 0 Å². The number of hydrogen-bond acceptors (Lipinski definition) is 6. The molecule has 1 fully saturated rings. The van der Waals surface area contributed by atoms with Crippen LogP contribution in [0.25, 0.3) is 0 Å². The summed E-state index contributed by atoms with van der Waals surface area (Å²) in [6, 6.07) is 0. The molecule has 2 rings (SSSR count). The first-order chi connectivity index (χ1) is 9.35. The van der Waals surface area contributed by atoms with Crippen LogP contribution in [0.5, 0.6) is 0 Å². The molecule has 2 heterocycles. The van der Waals surface area contributed by atoms with Crippen LogP contribution in [-0.4, -0.2) is 43.2 Å². The van der Waals surface area contributed by atoms with E-state index < -0.39 is 0 Å². The summed E-state index contributed by atoms with van der Waals surface area (Å²) < 4.78 is 5.27. The van der Waals surface area contributed by atoms with E-state index in [2.05, 4.69) is 17.1 Å². The Labute approximate surface area is 123 Å². The SMILES string of the molecule is CCCNCc1sc(N2CCSCC2)nc1COC. The van der Waals surface area contributed by atoms with Gasteiger partial charge in [0.15, 0.2) is 5.13 Å². The van der Waals surface area contributed by atoms with E-state index in [1.54, 1.807) is 7.11 Å². The Kier molecular flexibility index (Phi) is 6.43. The number of thioether (sulfide) groups is 1. The van der Waals surface area contributed by atoms with Crippen molar-refractivity contribution in [3.8, 4) is 0 Å². The van der Waals surface area contributed by atoms with Gasteiger partial charge in [-0.05, 0) is 13.0 Å². The summed E-state index contributed by atoms with van der Waals surface area (Å²) in [6.45, 7) is 7.00. The molecule has 4 nitrogen and oxygen atoms in total. The zero-order chi connectivity index (χ0) is 13.5. The van der Waals surface area contributed by atoms with E-state index in [-0.39, 0.29) is 0 Å². The van der Waals surface area contributed by atoms with Crippen molar-refractivity contribution in [2.75, 3.05) is 43.1 Å². The van der Waals surface area contributed by atoms with Gasteiger partial charge in [-0.2, -0.15) is 11.8 Å². The Hall–Kier alpha value is -0.300. The standard InChI is InChI=1S/C13H23N3OS2/c1-3-4-14-9-12-11(10-17-2)15-13(19-12)16-5-7-18-8-6-16/h14H,3-10H2,1-2H3. The van der Waals surface area contributed by atoms with Crippen LogP contribution in [0.15, 0.2) is 0 Å². The Balaban J connectivity index is 2.04. The van der Waals surface area contributed by atoms with Crippen molar-refractivity contribution in [1.82, 2.24) is 10.3 Å². The fourth-order valence-corrected chi connectivity index (χ4v) is 4.01. The van der Waals surface area contributed by atoms with Crippen LogP contribution in [-0.2, 0) is 17.9 Å². The molecule has 0 spiro atoms.